The summed E-state index contributed by atoms with van der Waals surface area (Å²) in [6, 6.07) is 0. The summed E-state index contributed by atoms with van der Waals surface area (Å²) >= 11 is 0. The number of carbonyl (C=O) groups excluding carboxylic acids is 1. The molecule has 1 aliphatic rings. The van der Waals surface area contributed by atoms with Crippen LogP contribution in [-0.4, -0.2) is 24.8 Å². The number of ether oxygens (including phenoxy) is 1. The molecule has 1 fully saturated rings. The number of rotatable bonds is 3. The Hall–Kier alpha value is -0.770. The lowest BCUT2D eigenvalue weighted by Gasteiger charge is -2.34. The Morgan fingerprint density at radius 3 is 2.71 bits per heavy atom. The number of nitrogens with one attached hydrogen (secondary N) is 1. The molecule has 0 aromatic rings. The molecular weight excluding hydrogens is 180 g/mol. The van der Waals surface area contributed by atoms with Gasteiger partial charge in [0.2, 0.25) is 0 Å². The van der Waals surface area contributed by atoms with Crippen LogP contribution in [0, 0.1) is 11.8 Å². The van der Waals surface area contributed by atoms with E-state index in [1.54, 1.807) is 0 Å². The normalized spacial score (nSPS) is 24.6. The largest absolute Gasteiger partial charge is 0.443 e. The molecule has 0 aliphatic carbocycles. The van der Waals surface area contributed by atoms with Crippen molar-refractivity contribution in [1.82, 2.24) is 5.32 Å². The lowest BCUT2D eigenvalue weighted by Crippen LogP contribution is -2.41. The van der Waals surface area contributed by atoms with Crippen molar-refractivity contribution in [2.75, 3.05) is 13.1 Å². The van der Waals surface area contributed by atoms with Crippen molar-refractivity contribution in [1.29, 1.82) is 0 Å². The van der Waals surface area contributed by atoms with E-state index in [0.29, 0.717) is 11.8 Å². The second-order valence-electron chi connectivity index (χ2n) is 4.57. The van der Waals surface area contributed by atoms with Crippen molar-refractivity contribution in [3.63, 3.8) is 0 Å². The predicted octanol–water partition coefficient (Wildman–Crippen LogP) is 1.11. The first-order valence-electron chi connectivity index (χ1n) is 5.12. The summed E-state index contributed by atoms with van der Waals surface area (Å²) in [5.41, 5.74) is 4.57. The van der Waals surface area contributed by atoms with Gasteiger partial charge in [0, 0.05) is 0 Å². The summed E-state index contributed by atoms with van der Waals surface area (Å²) in [6.07, 6.45) is 0.458. The van der Waals surface area contributed by atoms with E-state index in [2.05, 4.69) is 12.2 Å². The zero-order chi connectivity index (χ0) is 10.8. The average molecular weight is 200 g/mol. The summed E-state index contributed by atoms with van der Waals surface area (Å²) in [5.74, 6) is 0.898. The van der Waals surface area contributed by atoms with E-state index in [4.69, 9.17) is 10.5 Å². The quantitative estimate of drug-likeness (QED) is 0.717. The third-order valence-electron chi connectivity index (χ3n) is 3.27. The van der Waals surface area contributed by atoms with Crippen LogP contribution in [0.2, 0.25) is 0 Å². The Kier molecular flexibility index (Phi) is 3.37. The molecule has 0 bridgehead atoms. The smallest absolute Gasteiger partial charge is 0.405 e. The van der Waals surface area contributed by atoms with Crippen LogP contribution in [0.1, 0.15) is 27.2 Å². The molecule has 0 saturated carbocycles. The molecule has 0 radical (unpaired) electrons. The van der Waals surface area contributed by atoms with Gasteiger partial charge < -0.3 is 15.8 Å². The standard InChI is InChI=1S/C10H20N2O2/c1-7(8-4-5-12-6-8)10(2,3)14-9(11)13/h7-8,12H,4-6H2,1-3H3,(H2,11,13)/t7?,8-/m1/s1. The van der Waals surface area contributed by atoms with E-state index in [9.17, 15) is 4.79 Å². The Morgan fingerprint density at radius 1 is 1.64 bits per heavy atom. The van der Waals surface area contributed by atoms with E-state index in [1.807, 2.05) is 13.8 Å². The molecule has 1 unspecified atom stereocenters. The Bertz CT molecular complexity index is 210. The van der Waals surface area contributed by atoms with Gasteiger partial charge in [-0.1, -0.05) is 6.92 Å². The minimum atomic E-state index is -0.687. The molecule has 1 rings (SSSR count). The van der Waals surface area contributed by atoms with Gasteiger partial charge in [0.25, 0.3) is 0 Å². The van der Waals surface area contributed by atoms with Gasteiger partial charge in [-0.15, -0.1) is 0 Å². The van der Waals surface area contributed by atoms with Crippen molar-refractivity contribution >= 4 is 6.09 Å². The summed E-state index contributed by atoms with van der Waals surface area (Å²) in [4.78, 5) is 10.7. The van der Waals surface area contributed by atoms with Crippen LogP contribution in [0.4, 0.5) is 4.79 Å². The third-order valence-corrected chi connectivity index (χ3v) is 3.27. The van der Waals surface area contributed by atoms with E-state index < -0.39 is 11.7 Å². The zero-order valence-corrected chi connectivity index (χ0v) is 9.17. The van der Waals surface area contributed by atoms with Crippen molar-refractivity contribution in [2.24, 2.45) is 17.6 Å². The first-order chi connectivity index (χ1) is 6.43. The van der Waals surface area contributed by atoms with Crippen molar-refractivity contribution in [3.05, 3.63) is 0 Å². The van der Waals surface area contributed by atoms with Gasteiger partial charge in [0.1, 0.15) is 5.60 Å². The molecule has 1 saturated heterocycles. The third kappa shape index (κ3) is 2.61. The lowest BCUT2D eigenvalue weighted by molar-refractivity contribution is -0.0130. The van der Waals surface area contributed by atoms with E-state index >= 15 is 0 Å². The van der Waals surface area contributed by atoms with Crippen molar-refractivity contribution in [2.45, 2.75) is 32.8 Å². The highest BCUT2D eigenvalue weighted by Crippen LogP contribution is 2.31. The number of primary amides is 1. The summed E-state index contributed by atoms with van der Waals surface area (Å²) in [6.45, 7) is 8.01. The summed E-state index contributed by atoms with van der Waals surface area (Å²) in [7, 11) is 0. The van der Waals surface area contributed by atoms with Crippen LogP contribution >= 0.6 is 0 Å². The monoisotopic (exact) mass is 200 g/mol. The maximum Gasteiger partial charge on any atom is 0.405 e. The van der Waals surface area contributed by atoms with Crippen LogP contribution in [0.15, 0.2) is 0 Å². The summed E-state index contributed by atoms with van der Waals surface area (Å²) < 4.78 is 5.12. The van der Waals surface area contributed by atoms with Crippen molar-refractivity contribution in [3.8, 4) is 0 Å². The van der Waals surface area contributed by atoms with Crippen LogP contribution in [0.25, 0.3) is 0 Å². The lowest BCUT2D eigenvalue weighted by atomic mass is 9.81. The van der Waals surface area contributed by atoms with Crippen LogP contribution in [0.3, 0.4) is 0 Å². The number of nitrogens with two attached hydrogens (primary N) is 1. The first-order valence-corrected chi connectivity index (χ1v) is 5.12. The highest BCUT2D eigenvalue weighted by molar-refractivity contribution is 5.65. The Morgan fingerprint density at radius 2 is 2.29 bits per heavy atom. The molecule has 1 heterocycles. The fourth-order valence-corrected chi connectivity index (χ4v) is 2.02. The molecule has 1 aliphatic heterocycles. The maximum atomic E-state index is 10.7. The Labute approximate surface area is 85.2 Å². The number of carbonyl (C=O) groups is 1. The number of amides is 1. The van der Waals surface area contributed by atoms with Gasteiger partial charge in [0.05, 0.1) is 0 Å². The predicted molar refractivity (Wildman–Crippen MR) is 54.9 cm³/mol. The maximum absolute atomic E-state index is 10.7. The first kappa shape index (κ1) is 11.3. The molecule has 2 atom stereocenters. The van der Waals surface area contributed by atoms with Crippen LogP contribution in [-0.2, 0) is 4.74 Å². The van der Waals surface area contributed by atoms with Gasteiger partial charge >= 0.3 is 6.09 Å². The fourth-order valence-electron chi connectivity index (χ4n) is 2.02. The molecule has 4 heteroatoms. The van der Waals surface area contributed by atoms with Crippen molar-refractivity contribution < 1.29 is 9.53 Å². The van der Waals surface area contributed by atoms with Gasteiger partial charge in [-0.2, -0.15) is 0 Å². The molecule has 0 spiro atoms. The molecule has 14 heavy (non-hydrogen) atoms. The second kappa shape index (κ2) is 4.17. The van der Waals surface area contributed by atoms with Gasteiger partial charge in [-0.25, -0.2) is 4.79 Å². The SMILES string of the molecule is CC([C@@H]1CCNC1)C(C)(C)OC(N)=O. The molecule has 0 aromatic carbocycles. The van der Waals surface area contributed by atoms with Crippen LogP contribution in [0.5, 0.6) is 0 Å². The highest BCUT2D eigenvalue weighted by atomic mass is 16.6. The zero-order valence-electron chi connectivity index (χ0n) is 9.17. The van der Waals surface area contributed by atoms with E-state index in [-0.39, 0.29) is 0 Å². The van der Waals surface area contributed by atoms with Gasteiger partial charge in [0.15, 0.2) is 0 Å². The minimum Gasteiger partial charge on any atom is -0.443 e. The minimum absolute atomic E-state index is 0.324. The molecule has 0 aromatic heterocycles. The molecular formula is C10H20N2O2. The molecule has 82 valence electrons. The van der Waals surface area contributed by atoms with E-state index in [0.717, 1.165) is 19.5 Å². The summed E-state index contributed by atoms with van der Waals surface area (Å²) in [5, 5.41) is 3.31. The second-order valence-corrected chi connectivity index (χ2v) is 4.57. The van der Waals surface area contributed by atoms with E-state index in [1.165, 1.54) is 0 Å². The molecule has 3 N–H and O–H groups in total. The highest BCUT2D eigenvalue weighted by Gasteiger charge is 2.36. The van der Waals surface area contributed by atoms with Gasteiger partial charge in [-0.3, -0.25) is 0 Å². The molecule has 1 amide bonds. The number of hydrogen-bond donors (Lipinski definition) is 2. The molecule has 4 nitrogen and oxygen atoms in total. The Balaban J connectivity index is 2.55. The van der Waals surface area contributed by atoms with Gasteiger partial charge in [-0.05, 0) is 45.2 Å². The fraction of sp³-hybridized carbons (Fsp3) is 0.900. The average Bonchev–Trinajstić information content (AvgIpc) is 2.51. The van der Waals surface area contributed by atoms with Crippen LogP contribution < -0.4 is 11.1 Å². The number of hydrogen-bond acceptors (Lipinski definition) is 3. The topological polar surface area (TPSA) is 64.3 Å².